The number of hydrogen-bond acceptors (Lipinski definition) is 4. The summed E-state index contributed by atoms with van der Waals surface area (Å²) in [6, 6.07) is 0. The van der Waals surface area contributed by atoms with E-state index in [4.69, 9.17) is 9.47 Å². The van der Waals surface area contributed by atoms with Gasteiger partial charge in [-0.25, -0.2) is 26.3 Å². The fourth-order valence-electron chi connectivity index (χ4n) is 2.33. The molecule has 0 aliphatic rings. The van der Waals surface area contributed by atoms with Gasteiger partial charge in [0.15, 0.2) is 12.3 Å². The number of esters is 2. The minimum atomic E-state index is -3.48. The molecule has 4 nitrogen and oxygen atoms in total. The molecule has 0 aliphatic heterocycles. The van der Waals surface area contributed by atoms with Gasteiger partial charge in [0.05, 0.1) is 25.0 Å². The van der Waals surface area contributed by atoms with Crippen molar-refractivity contribution in [1.82, 2.24) is 0 Å². The maximum Gasteiger partial charge on any atom is 0.309 e. The molecule has 0 fully saturated rings. The molecule has 4 unspecified atom stereocenters. The lowest BCUT2D eigenvalue weighted by Gasteiger charge is -2.29. The van der Waals surface area contributed by atoms with Crippen molar-refractivity contribution < 1.29 is 45.4 Å². The van der Waals surface area contributed by atoms with Crippen LogP contribution >= 0.6 is 0 Å². The number of hydrogen-bond donors (Lipinski definition) is 0. The van der Waals surface area contributed by atoms with E-state index in [0.29, 0.717) is 0 Å². The van der Waals surface area contributed by atoms with Gasteiger partial charge in [-0.1, -0.05) is 41.5 Å². The summed E-state index contributed by atoms with van der Waals surface area (Å²) in [5.74, 6) is -6.29. The predicted molar refractivity (Wildman–Crippen MR) is 98.8 cm³/mol. The van der Waals surface area contributed by atoms with Gasteiger partial charge in [0.25, 0.3) is 12.9 Å². The molecule has 0 aromatic carbocycles. The Balaban J connectivity index is 5.82. The Labute approximate surface area is 173 Å². The molecule has 0 heterocycles. The molecule has 10 heteroatoms. The number of alkyl halides is 6. The summed E-state index contributed by atoms with van der Waals surface area (Å²) in [6.45, 7) is 9.74. The third-order valence-electron chi connectivity index (χ3n) is 3.89. The van der Waals surface area contributed by atoms with Crippen molar-refractivity contribution >= 4 is 11.9 Å². The van der Waals surface area contributed by atoms with Crippen molar-refractivity contribution in [2.24, 2.45) is 22.7 Å². The SMILES string of the molecule is CC(C)(C)COC(=O)C(CC(F)C(F)F)C(CC(F)C(F)F)C(=O)OCC(C)(C)C. The van der Waals surface area contributed by atoms with E-state index in [9.17, 15) is 35.9 Å². The molecule has 0 amide bonds. The molecule has 0 N–H and O–H groups in total. The highest BCUT2D eigenvalue weighted by molar-refractivity contribution is 5.82. The first-order valence-corrected chi connectivity index (χ1v) is 9.62. The van der Waals surface area contributed by atoms with E-state index in [2.05, 4.69) is 0 Å². The molecule has 0 rings (SSSR count). The normalized spacial score (nSPS) is 16.9. The highest BCUT2D eigenvalue weighted by atomic mass is 19.3. The number of carbonyl (C=O) groups excluding carboxylic acids is 2. The summed E-state index contributed by atoms with van der Waals surface area (Å²) in [4.78, 5) is 25.0. The Morgan fingerprint density at radius 3 is 1.10 bits per heavy atom. The maximum atomic E-state index is 13.8. The molecule has 0 aliphatic carbocycles. The molecule has 0 aromatic heterocycles. The summed E-state index contributed by atoms with van der Waals surface area (Å²) in [5, 5.41) is 0. The van der Waals surface area contributed by atoms with Gasteiger partial charge in [-0.2, -0.15) is 0 Å². The minimum absolute atomic E-state index is 0.203. The van der Waals surface area contributed by atoms with Gasteiger partial charge in [0.1, 0.15) is 0 Å². The lowest BCUT2D eigenvalue weighted by atomic mass is 9.83. The first-order valence-electron chi connectivity index (χ1n) is 9.62. The van der Waals surface area contributed by atoms with Crippen LogP contribution in [0.15, 0.2) is 0 Å². The first kappa shape index (κ1) is 28.5. The van der Waals surface area contributed by atoms with Crippen molar-refractivity contribution in [1.29, 1.82) is 0 Å². The molecule has 0 spiro atoms. The minimum Gasteiger partial charge on any atom is -0.465 e. The van der Waals surface area contributed by atoms with Crippen molar-refractivity contribution in [3.63, 3.8) is 0 Å². The Morgan fingerprint density at radius 2 is 0.900 bits per heavy atom. The van der Waals surface area contributed by atoms with Crippen LogP contribution in [-0.4, -0.2) is 50.3 Å². The van der Waals surface area contributed by atoms with Gasteiger partial charge in [0.2, 0.25) is 0 Å². The Hall–Kier alpha value is -1.48. The predicted octanol–water partition coefficient (Wildman–Crippen LogP) is 5.38. The number of carbonyl (C=O) groups is 2. The topological polar surface area (TPSA) is 52.6 Å². The van der Waals surface area contributed by atoms with Crippen molar-refractivity contribution in [2.45, 2.75) is 79.6 Å². The molecule has 0 saturated carbocycles. The molecule has 178 valence electrons. The van der Waals surface area contributed by atoms with Crippen LogP contribution in [0.5, 0.6) is 0 Å². The van der Waals surface area contributed by atoms with Gasteiger partial charge < -0.3 is 9.47 Å². The lowest BCUT2D eigenvalue weighted by Crippen LogP contribution is -2.39. The first-order chi connectivity index (χ1) is 13.4. The number of halogens is 6. The molecular weight excluding hydrogens is 418 g/mol. The van der Waals surface area contributed by atoms with Gasteiger partial charge in [-0.15, -0.1) is 0 Å². The fourth-order valence-corrected chi connectivity index (χ4v) is 2.33. The third-order valence-corrected chi connectivity index (χ3v) is 3.89. The van der Waals surface area contributed by atoms with Crippen molar-refractivity contribution in [2.75, 3.05) is 13.2 Å². The third kappa shape index (κ3) is 11.6. The maximum absolute atomic E-state index is 13.8. The van der Waals surface area contributed by atoms with Gasteiger partial charge >= 0.3 is 11.9 Å². The van der Waals surface area contributed by atoms with Crippen LogP contribution < -0.4 is 0 Å². The van der Waals surface area contributed by atoms with Crippen LogP contribution in [-0.2, 0) is 19.1 Å². The van der Waals surface area contributed by atoms with Crippen LogP contribution in [0, 0.1) is 22.7 Å². The van der Waals surface area contributed by atoms with Crippen LogP contribution in [0.1, 0.15) is 54.4 Å². The molecule has 0 bridgehead atoms. The summed E-state index contributed by atoms with van der Waals surface area (Å²) in [6.07, 6.45) is -15.0. The highest BCUT2D eigenvalue weighted by Crippen LogP contribution is 2.31. The van der Waals surface area contributed by atoms with E-state index in [0.717, 1.165) is 0 Å². The number of ether oxygens (including phenoxy) is 2. The molecule has 4 atom stereocenters. The zero-order valence-electron chi connectivity index (χ0n) is 18.2. The van der Waals surface area contributed by atoms with Crippen LogP contribution in [0.3, 0.4) is 0 Å². The summed E-state index contributed by atoms with van der Waals surface area (Å²) in [7, 11) is 0. The second-order valence-corrected chi connectivity index (χ2v) is 9.72. The van der Waals surface area contributed by atoms with E-state index in [-0.39, 0.29) is 13.2 Å². The molecular formula is C20H32F6O4. The van der Waals surface area contributed by atoms with E-state index in [1.165, 1.54) is 0 Å². The average Bonchev–Trinajstić information content (AvgIpc) is 2.58. The van der Waals surface area contributed by atoms with E-state index in [1.807, 2.05) is 0 Å². The Bertz CT molecular complexity index is 494. The second kappa shape index (κ2) is 11.8. The van der Waals surface area contributed by atoms with Gasteiger partial charge in [0, 0.05) is 0 Å². The van der Waals surface area contributed by atoms with Crippen molar-refractivity contribution in [3.8, 4) is 0 Å². The monoisotopic (exact) mass is 450 g/mol. The molecule has 0 radical (unpaired) electrons. The van der Waals surface area contributed by atoms with E-state index >= 15 is 0 Å². The van der Waals surface area contributed by atoms with Crippen molar-refractivity contribution in [3.05, 3.63) is 0 Å². The lowest BCUT2D eigenvalue weighted by molar-refractivity contribution is -0.166. The summed E-state index contributed by atoms with van der Waals surface area (Å²) in [5.41, 5.74) is -1.10. The summed E-state index contributed by atoms with van der Waals surface area (Å²) >= 11 is 0. The Morgan fingerprint density at radius 1 is 0.633 bits per heavy atom. The molecule has 30 heavy (non-hydrogen) atoms. The number of rotatable bonds is 11. The van der Waals surface area contributed by atoms with E-state index < -0.39 is 72.6 Å². The Kier molecular flexibility index (Phi) is 11.2. The highest BCUT2D eigenvalue weighted by Gasteiger charge is 2.42. The zero-order chi connectivity index (χ0) is 23.9. The fraction of sp³-hybridized carbons (Fsp3) is 0.900. The molecule has 0 saturated heterocycles. The molecule has 0 aromatic rings. The van der Waals surface area contributed by atoms with Crippen LogP contribution in [0.2, 0.25) is 0 Å². The standard InChI is InChI=1S/C20H32F6O4/c1-19(2,3)9-29-17(27)11(7-13(21)15(23)24)12(8-14(22)16(25)26)18(28)30-10-20(4,5)6/h11-16H,7-10H2,1-6H3. The zero-order valence-corrected chi connectivity index (χ0v) is 18.2. The van der Waals surface area contributed by atoms with Crippen LogP contribution in [0.25, 0.3) is 0 Å². The quantitative estimate of drug-likeness (QED) is 0.313. The average molecular weight is 450 g/mol. The summed E-state index contributed by atoms with van der Waals surface area (Å²) < 4.78 is 88.5. The van der Waals surface area contributed by atoms with Gasteiger partial charge in [-0.3, -0.25) is 9.59 Å². The van der Waals surface area contributed by atoms with Crippen LogP contribution in [0.4, 0.5) is 26.3 Å². The van der Waals surface area contributed by atoms with E-state index in [1.54, 1.807) is 41.5 Å². The van der Waals surface area contributed by atoms with Gasteiger partial charge in [-0.05, 0) is 23.7 Å². The second-order valence-electron chi connectivity index (χ2n) is 9.72. The smallest absolute Gasteiger partial charge is 0.309 e. The largest absolute Gasteiger partial charge is 0.465 e.